The highest BCUT2D eigenvalue weighted by Gasteiger charge is 2.14. The Morgan fingerprint density at radius 2 is 1.79 bits per heavy atom. The molecule has 3 aromatic rings. The van der Waals surface area contributed by atoms with E-state index in [4.69, 9.17) is 4.74 Å². The zero-order valence-electron chi connectivity index (χ0n) is 16.0. The smallest absolute Gasteiger partial charge is 0.262 e. The van der Waals surface area contributed by atoms with Gasteiger partial charge in [0, 0.05) is 11.9 Å². The number of hydrogen-bond donors (Lipinski definition) is 2. The third-order valence-electron chi connectivity index (χ3n) is 4.06. The van der Waals surface area contributed by atoms with Gasteiger partial charge in [-0.2, -0.15) is 0 Å². The number of aromatic nitrogens is 1. The summed E-state index contributed by atoms with van der Waals surface area (Å²) < 4.78 is 32.8. The van der Waals surface area contributed by atoms with Crippen molar-refractivity contribution in [3.05, 3.63) is 78.1 Å². The van der Waals surface area contributed by atoms with E-state index in [9.17, 15) is 13.2 Å². The van der Waals surface area contributed by atoms with E-state index in [2.05, 4.69) is 15.0 Å². The number of aryl methyl sites for hydroxylation is 2. The highest BCUT2D eigenvalue weighted by molar-refractivity contribution is 7.92. The summed E-state index contributed by atoms with van der Waals surface area (Å²) in [5.74, 6) is 0.318. The zero-order valence-corrected chi connectivity index (χ0v) is 16.9. The predicted octanol–water partition coefficient (Wildman–Crippen LogP) is 3.52. The van der Waals surface area contributed by atoms with Crippen LogP contribution in [0.2, 0.25) is 0 Å². The first-order valence-electron chi connectivity index (χ1n) is 8.86. The Balaban J connectivity index is 1.60. The Labute approximate surface area is 169 Å². The van der Waals surface area contributed by atoms with Crippen LogP contribution in [0.5, 0.6) is 5.75 Å². The lowest BCUT2D eigenvalue weighted by Crippen LogP contribution is -2.20. The number of ether oxygens (including phenoxy) is 1. The monoisotopic (exact) mass is 411 g/mol. The van der Waals surface area contributed by atoms with Gasteiger partial charge in [0.05, 0.1) is 16.8 Å². The van der Waals surface area contributed by atoms with Crippen molar-refractivity contribution in [1.82, 2.24) is 4.98 Å². The third-order valence-corrected chi connectivity index (χ3v) is 5.46. The number of nitrogens with zero attached hydrogens (tertiary/aromatic N) is 1. The highest BCUT2D eigenvalue weighted by atomic mass is 32.2. The molecule has 0 atom stereocenters. The average molecular weight is 411 g/mol. The van der Waals surface area contributed by atoms with E-state index >= 15 is 0 Å². The summed E-state index contributed by atoms with van der Waals surface area (Å²) in [5.41, 5.74) is 2.83. The van der Waals surface area contributed by atoms with Crippen molar-refractivity contribution in [2.45, 2.75) is 18.7 Å². The van der Waals surface area contributed by atoms with Crippen LogP contribution in [0.4, 0.5) is 11.4 Å². The lowest BCUT2D eigenvalue weighted by molar-refractivity contribution is -0.118. The molecule has 1 heterocycles. The lowest BCUT2D eigenvalue weighted by atomic mass is 10.1. The Kier molecular flexibility index (Phi) is 6.13. The normalized spacial score (nSPS) is 11.0. The van der Waals surface area contributed by atoms with E-state index in [-0.39, 0.29) is 17.4 Å². The number of carbonyl (C=O) groups is 1. The van der Waals surface area contributed by atoms with Gasteiger partial charge in [-0.1, -0.05) is 12.1 Å². The number of sulfonamides is 1. The second-order valence-electron chi connectivity index (χ2n) is 6.48. The van der Waals surface area contributed by atoms with Gasteiger partial charge in [0.2, 0.25) is 0 Å². The van der Waals surface area contributed by atoms with Crippen molar-refractivity contribution in [3.63, 3.8) is 0 Å². The fourth-order valence-electron chi connectivity index (χ4n) is 2.56. The van der Waals surface area contributed by atoms with Crippen LogP contribution in [0.3, 0.4) is 0 Å². The second-order valence-corrected chi connectivity index (χ2v) is 8.16. The summed E-state index contributed by atoms with van der Waals surface area (Å²) in [4.78, 5) is 16.1. The molecule has 0 unspecified atom stereocenters. The Bertz CT molecular complexity index is 1100. The molecule has 3 rings (SSSR count). The van der Waals surface area contributed by atoms with Crippen molar-refractivity contribution >= 4 is 27.3 Å². The van der Waals surface area contributed by atoms with Crippen molar-refractivity contribution in [2.24, 2.45) is 0 Å². The molecule has 7 nitrogen and oxygen atoms in total. The fraction of sp³-hybridized carbons (Fsp3) is 0.143. The molecule has 0 saturated heterocycles. The van der Waals surface area contributed by atoms with Gasteiger partial charge in [-0.25, -0.2) is 8.42 Å². The van der Waals surface area contributed by atoms with Crippen LogP contribution in [0.15, 0.2) is 71.9 Å². The van der Waals surface area contributed by atoms with Gasteiger partial charge in [0.15, 0.2) is 6.61 Å². The van der Waals surface area contributed by atoms with E-state index in [1.807, 2.05) is 32.0 Å². The molecule has 0 bridgehead atoms. The van der Waals surface area contributed by atoms with Crippen LogP contribution >= 0.6 is 0 Å². The molecule has 150 valence electrons. The first-order valence-corrected chi connectivity index (χ1v) is 10.3. The molecular weight excluding hydrogens is 390 g/mol. The molecule has 0 aliphatic carbocycles. The minimum atomic E-state index is -3.74. The van der Waals surface area contributed by atoms with Crippen molar-refractivity contribution < 1.29 is 17.9 Å². The number of benzene rings is 2. The molecule has 1 amide bonds. The third kappa shape index (κ3) is 5.55. The molecule has 1 aromatic heterocycles. The van der Waals surface area contributed by atoms with Gasteiger partial charge in [0.1, 0.15) is 5.75 Å². The summed E-state index contributed by atoms with van der Waals surface area (Å²) in [6.07, 6.45) is 2.97. The molecule has 8 heteroatoms. The summed E-state index contributed by atoms with van der Waals surface area (Å²) in [6, 6.07) is 14.9. The molecule has 0 fully saturated rings. The summed E-state index contributed by atoms with van der Waals surface area (Å²) in [6.45, 7) is 3.71. The fourth-order valence-corrected chi connectivity index (χ4v) is 3.60. The molecule has 0 saturated carbocycles. The summed E-state index contributed by atoms with van der Waals surface area (Å²) >= 11 is 0. The Hall–Kier alpha value is -3.39. The summed E-state index contributed by atoms with van der Waals surface area (Å²) in [5, 5.41) is 2.69. The van der Waals surface area contributed by atoms with Crippen LogP contribution in [0, 0.1) is 13.8 Å². The van der Waals surface area contributed by atoms with Gasteiger partial charge in [-0.05, 0) is 67.4 Å². The maximum Gasteiger partial charge on any atom is 0.262 e. The largest absolute Gasteiger partial charge is 0.483 e. The maximum absolute atomic E-state index is 12.4. The topological polar surface area (TPSA) is 97.4 Å². The number of carbonyl (C=O) groups excluding carboxylic acids is 1. The quantitative estimate of drug-likeness (QED) is 0.620. The van der Waals surface area contributed by atoms with Gasteiger partial charge in [0.25, 0.3) is 15.9 Å². The van der Waals surface area contributed by atoms with E-state index < -0.39 is 10.0 Å². The van der Waals surface area contributed by atoms with Crippen LogP contribution in [-0.2, 0) is 14.8 Å². The van der Waals surface area contributed by atoms with E-state index in [0.29, 0.717) is 17.1 Å². The van der Waals surface area contributed by atoms with Gasteiger partial charge < -0.3 is 10.1 Å². The molecule has 0 radical (unpaired) electrons. The molecule has 0 aliphatic rings. The molecular formula is C21H21N3O4S. The minimum Gasteiger partial charge on any atom is -0.483 e. The Morgan fingerprint density at radius 1 is 1.03 bits per heavy atom. The zero-order chi connectivity index (χ0) is 20.9. The SMILES string of the molecule is Cc1ccc(C)c(OCC(=O)Nc2ccc(S(=O)(=O)Nc3cccnc3)cc2)c1. The number of amides is 1. The van der Waals surface area contributed by atoms with Crippen LogP contribution in [0.25, 0.3) is 0 Å². The summed E-state index contributed by atoms with van der Waals surface area (Å²) in [7, 11) is -3.74. The number of anilines is 2. The molecule has 0 aliphatic heterocycles. The molecule has 29 heavy (non-hydrogen) atoms. The Morgan fingerprint density at radius 3 is 2.48 bits per heavy atom. The number of rotatable bonds is 7. The number of pyridine rings is 1. The van der Waals surface area contributed by atoms with Crippen LogP contribution in [0.1, 0.15) is 11.1 Å². The minimum absolute atomic E-state index is 0.0750. The molecule has 2 aromatic carbocycles. The van der Waals surface area contributed by atoms with Crippen LogP contribution < -0.4 is 14.8 Å². The average Bonchev–Trinajstić information content (AvgIpc) is 2.69. The first-order chi connectivity index (χ1) is 13.8. The van der Waals surface area contributed by atoms with E-state index in [1.165, 1.54) is 30.5 Å². The van der Waals surface area contributed by atoms with E-state index in [0.717, 1.165) is 11.1 Å². The van der Waals surface area contributed by atoms with Gasteiger partial charge in [-0.3, -0.25) is 14.5 Å². The molecule has 0 spiro atoms. The van der Waals surface area contributed by atoms with Crippen molar-refractivity contribution in [3.8, 4) is 5.75 Å². The number of hydrogen-bond acceptors (Lipinski definition) is 5. The van der Waals surface area contributed by atoms with Crippen molar-refractivity contribution in [1.29, 1.82) is 0 Å². The standard InChI is InChI=1S/C21H21N3O4S/c1-15-5-6-16(2)20(12-15)28-14-21(25)23-17-7-9-19(10-8-17)29(26,27)24-18-4-3-11-22-13-18/h3-13,24H,14H2,1-2H3,(H,23,25). The molecule has 2 N–H and O–H groups in total. The van der Waals surface area contributed by atoms with Crippen LogP contribution in [-0.4, -0.2) is 25.9 Å². The number of nitrogens with one attached hydrogen (secondary N) is 2. The second kappa shape index (κ2) is 8.74. The van der Waals surface area contributed by atoms with E-state index in [1.54, 1.807) is 18.3 Å². The van der Waals surface area contributed by atoms with Gasteiger partial charge >= 0.3 is 0 Å². The lowest BCUT2D eigenvalue weighted by Gasteiger charge is -2.11. The van der Waals surface area contributed by atoms with Crippen molar-refractivity contribution in [2.75, 3.05) is 16.6 Å². The highest BCUT2D eigenvalue weighted by Crippen LogP contribution is 2.20. The van der Waals surface area contributed by atoms with Gasteiger partial charge in [-0.15, -0.1) is 0 Å². The predicted molar refractivity (Wildman–Crippen MR) is 112 cm³/mol. The first kappa shape index (κ1) is 20.3. The maximum atomic E-state index is 12.4.